The molecule has 0 fully saturated rings. The quantitative estimate of drug-likeness (QED) is 0.671. The third kappa shape index (κ3) is 4.77. The predicted molar refractivity (Wildman–Crippen MR) is 91.2 cm³/mol. The number of rotatable bonds is 7. The molecule has 0 N–H and O–H groups in total. The van der Waals surface area contributed by atoms with Gasteiger partial charge in [0.2, 0.25) is 0 Å². The summed E-state index contributed by atoms with van der Waals surface area (Å²) in [5, 5.41) is 8.83. The van der Waals surface area contributed by atoms with E-state index in [1.54, 1.807) is 26.0 Å². The highest BCUT2D eigenvalue weighted by atomic mass is 31.2. The fourth-order valence-electron chi connectivity index (χ4n) is 2.29. The van der Waals surface area contributed by atoms with E-state index in [1.807, 2.05) is 36.4 Å². The molecule has 0 heterocycles. The lowest BCUT2D eigenvalue weighted by Gasteiger charge is -2.17. The van der Waals surface area contributed by atoms with E-state index < -0.39 is 7.60 Å². The molecule has 2 rings (SSSR count). The van der Waals surface area contributed by atoms with E-state index in [0.717, 1.165) is 16.7 Å². The van der Waals surface area contributed by atoms with Gasteiger partial charge in [0.15, 0.2) is 0 Å². The van der Waals surface area contributed by atoms with Gasteiger partial charge in [-0.05, 0) is 42.7 Å². The van der Waals surface area contributed by atoms with Gasteiger partial charge in [-0.1, -0.05) is 36.4 Å². The third-order valence-electron chi connectivity index (χ3n) is 3.33. The monoisotopic (exact) mass is 329 g/mol. The van der Waals surface area contributed by atoms with E-state index in [9.17, 15) is 4.57 Å². The van der Waals surface area contributed by atoms with E-state index in [0.29, 0.717) is 18.8 Å². The molecule has 23 heavy (non-hydrogen) atoms. The van der Waals surface area contributed by atoms with Gasteiger partial charge in [0, 0.05) is 0 Å². The summed E-state index contributed by atoms with van der Waals surface area (Å²) in [5.41, 5.74) is 3.63. The van der Waals surface area contributed by atoms with Gasteiger partial charge >= 0.3 is 7.60 Å². The van der Waals surface area contributed by atoms with Gasteiger partial charge in [-0.25, -0.2) is 0 Å². The first-order chi connectivity index (χ1) is 11.1. The van der Waals surface area contributed by atoms with E-state index in [2.05, 4.69) is 6.07 Å². The van der Waals surface area contributed by atoms with Crippen LogP contribution in [-0.2, 0) is 19.8 Å². The Hall–Kier alpha value is -1.92. The maximum Gasteiger partial charge on any atom is 0.335 e. The van der Waals surface area contributed by atoms with Crippen LogP contribution in [0.15, 0.2) is 48.5 Å². The minimum absolute atomic E-state index is 0.266. The Bertz CT molecular complexity index is 707. The number of hydrogen-bond acceptors (Lipinski definition) is 4. The maximum atomic E-state index is 12.5. The summed E-state index contributed by atoms with van der Waals surface area (Å²) >= 11 is 0. The normalized spacial score (nSPS) is 11.2. The topological polar surface area (TPSA) is 59.3 Å². The first-order valence-electron chi connectivity index (χ1n) is 7.58. The fraction of sp³-hybridized carbons (Fsp3) is 0.278. The Morgan fingerprint density at radius 2 is 1.39 bits per heavy atom. The Morgan fingerprint density at radius 3 is 1.83 bits per heavy atom. The average Bonchev–Trinajstić information content (AvgIpc) is 2.56. The smallest absolute Gasteiger partial charge is 0.309 e. The highest BCUT2D eigenvalue weighted by Gasteiger charge is 2.23. The van der Waals surface area contributed by atoms with Crippen molar-refractivity contribution in [1.82, 2.24) is 0 Å². The molecule has 4 nitrogen and oxygen atoms in total. The van der Waals surface area contributed by atoms with E-state index in [4.69, 9.17) is 14.3 Å². The molecular formula is C18H20NO3P. The van der Waals surface area contributed by atoms with Crippen LogP contribution in [-0.4, -0.2) is 13.2 Å². The molecule has 0 aliphatic heterocycles. The number of benzene rings is 2. The summed E-state index contributed by atoms with van der Waals surface area (Å²) in [7, 11) is -3.08. The van der Waals surface area contributed by atoms with Gasteiger partial charge < -0.3 is 9.05 Å². The highest BCUT2D eigenvalue weighted by molar-refractivity contribution is 7.53. The lowest BCUT2D eigenvalue weighted by molar-refractivity contribution is 0.219. The summed E-state index contributed by atoms with van der Waals surface area (Å²) in [6.07, 6.45) is 0.266. The van der Waals surface area contributed by atoms with Crippen LogP contribution in [0.5, 0.6) is 0 Å². The molecular weight excluding hydrogens is 309 g/mol. The van der Waals surface area contributed by atoms with Gasteiger partial charge in [-0.3, -0.25) is 4.57 Å². The van der Waals surface area contributed by atoms with Crippen LogP contribution in [0.25, 0.3) is 11.1 Å². The lowest BCUT2D eigenvalue weighted by Crippen LogP contribution is -1.99. The van der Waals surface area contributed by atoms with Gasteiger partial charge in [0.25, 0.3) is 0 Å². The molecule has 0 spiro atoms. The number of nitriles is 1. The summed E-state index contributed by atoms with van der Waals surface area (Å²) in [6, 6.07) is 17.3. The van der Waals surface area contributed by atoms with E-state index in [1.165, 1.54) is 0 Å². The zero-order valence-electron chi connectivity index (χ0n) is 13.4. The first kappa shape index (κ1) is 17.4. The molecule has 0 aromatic heterocycles. The Kier molecular flexibility index (Phi) is 6.12. The summed E-state index contributed by atoms with van der Waals surface area (Å²) in [6.45, 7) is 4.33. The second kappa shape index (κ2) is 8.08. The van der Waals surface area contributed by atoms with Gasteiger partial charge in [-0.15, -0.1) is 0 Å². The van der Waals surface area contributed by atoms with Crippen LogP contribution in [0.2, 0.25) is 0 Å². The molecule has 0 aliphatic carbocycles. The van der Waals surface area contributed by atoms with Crippen molar-refractivity contribution < 1.29 is 13.6 Å². The van der Waals surface area contributed by atoms with E-state index in [-0.39, 0.29) is 6.16 Å². The van der Waals surface area contributed by atoms with Crippen molar-refractivity contribution in [3.8, 4) is 17.2 Å². The summed E-state index contributed by atoms with van der Waals surface area (Å²) < 4.78 is 23.2. The predicted octanol–water partition coefficient (Wildman–Crippen LogP) is 4.99. The Morgan fingerprint density at radius 1 is 0.913 bits per heavy atom. The highest BCUT2D eigenvalue weighted by Crippen LogP contribution is 2.51. The largest absolute Gasteiger partial charge is 0.335 e. The Balaban J connectivity index is 2.15. The van der Waals surface area contributed by atoms with Crippen molar-refractivity contribution in [3.63, 3.8) is 0 Å². The van der Waals surface area contributed by atoms with Gasteiger partial charge in [-0.2, -0.15) is 5.26 Å². The molecule has 0 radical (unpaired) electrons. The van der Waals surface area contributed by atoms with Crippen LogP contribution < -0.4 is 0 Å². The fourth-order valence-corrected chi connectivity index (χ4v) is 3.99. The van der Waals surface area contributed by atoms with Gasteiger partial charge in [0.05, 0.1) is 31.0 Å². The van der Waals surface area contributed by atoms with Crippen molar-refractivity contribution in [2.75, 3.05) is 13.2 Å². The summed E-state index contributed by atoms with van der Waals surface area (Å²) in [5.74, 6) is 0. The molecule has 5 heteroatoms. The van der Waals surface area contributed by atoms with Crippen LogP contribution in [0.1, 0.15) is 25.0 Å². The van der Waals surface area contributed by atoms with Crippen molar-refractivity contribution in [3.05, 3.63) is 59.7 Å². The number of nitrogens with zero attached hydrogens (tertiary/aromatic N) is 1. The standard InChI is InChI=1S/C18H20NO3P/c1-3-21-23(20,22-4-2)14-16-7-11-18(12-8-16)17-9-5-15(13-19)6-10-17/h5-12H,3-4,14H2,1-2H3. The molecule has 0 aliphatic rings. The van der Waals surface area contributed by atoms with Gasteiger partial charge in [0.1, 0.15) is 0 Å². The molecule has 2 aromatic carbocycles. The molecule has 0 saturated carbocycles. The first-order valence-corrected chi connectivity index (χ1v) is 9.30. The second-order valence-electron chi connectivity index (χ2n) is 4.99. The molecule has 0 amide bonds. The van der Waals surface area contributed by atoms with Crippen molar-refractivity contribution in [2.45, 2.75) is 20.0 Å². The molecule has 0 unspecified atom stereocenters. The molecule has 0 bridgehead atoms. The molecule has 2 aromatic rings. The van der Waals surface area contributed by atoms with Crippen molar-refractivity contribution in [1.29, 1.82) is 5.26 Å². The van der Waals surface area contributed by atoms with Crippen LogP contribution in [0, 0.1) is 11.3 Å². The van der Waals surface area contributed by atoms with Crippen molar-refractivity contribution in [2.24, 2.45) is 0 Å². The summed E-state index contributed by atoms with van der Waals surface area (Å²) in [4.78, 5) is 0. The Labute approximate surface area is 137 Å². The van der Waals surface area contributed by atoms with E-state index >= 15 is 0 Å². The zero-order valence-corrected chi connectivity index (χ0v) is 14.3. The maximum absolute atomic E-state index is 12.5. The lowest BCUT2D eigenvalue weighted by atomic mass is 10.0. The molecule has 120 valence electrons. The molecule has 0 atom stereocenters. The zero-order chi connectivity index (χ0) is 16.7. The average molecular weight is 329 g/mol. The van der Waals surface area contributed by atoms with Crippen LogP contribution >= 0.6 is 7.60 Å². The SMILES string of the molecule is CCOP(=O)(Cc1ccc(-c2ccc(C#N)cc2)cc1)OCC. The molecule has 0 saturated heterocycles. The minimum Gasteiger partial charge on any atom is -0.309 e. The third-order valence-corrected chi connectivity index (χ3v) is 5.38. The minimum atomic E-state index is -3.08. The van der Waals surface area contributed by atoms with Crippen molar-refractivity contribution >= 4 is 7.60 Å². The number of hydrogen-bond donors (Lipinski definition) is 0. The van der Waals surface area contributed by atoms with Crippen LogP contribution in [0.4, 0.5) is 0 Å². The second-order valence-corrected chi connectivity index (χ2v) is 7.05. The van der Waals surface area contributed by atoms with Crippen LogP contribution in [0.3, 0.4) is 0 Å².